The summed E-state index contributed by atoms with van der Waals surface area (Å²) in [5.74, 6) is -0.184. The highest BCUT2D eigenvalue weighted by atomic mass is 79.9. The van der Waals surface area contributed by atoms with Gasteiger partial charge in [0.05, 0.1) is 5.69 Å². The van der Waals surface area contributed by atoms with Crippen LogP contribution in [0, 0.1) is 6.92 Å². The molecule has 6 heteroatoms. The lowest BCUT2D eigenvalue weighted by Crippen LogP contribution is -2.30. The maximum Gasteiger partial charge on any atom is 0.281 e. The minimum atomic E-state index is -0.184. The molecule has 0 bridgehead atoms. The smallest absolute Gasteiger partial charge is 0.281 e. The Balaban J connectivity index is 1.99. The zero-order chi connectivity index (χ0) is 16.6. The largest absolute Gasteiger partial charge is 0.327 e. The minimum absolute atomic E-state index is 0.184. The first-order valence-corrected chi connectivity index (χ1v) is 8.43. The van der Waals surface area contributed by atoms with Crippen LogP contribution in [0.2, 0.25) is 5.02 Å². The third-order valence-corrected chi connectivity index (χ3v) is 4.72. The molecule has 0 spiro atoms. The summed E-state index contributed by atoms with van der Waals surface area (Å²) < 4.78 is 0.911. The molecule has 1 fully saturated rings. The lowest BCUT2D eigenvalue weighted by atomic mass is 10.1. The van der Waals surface area contributed by atoms with Crippen LogP contribution in [-0.2, 0) is 4.79 Å². The Morgan fingerprint density at radius 2 is 2.00 bits per heavy atom. The number of anilines is 1. The van der Waals surface area contributed by atoms with E-state index in [1.165, 1.54) is 4.90 Å². The van der Waals surface area contributed by atoms with Crippen LogP contribution in [0.25, 0.3) is 6.08 Å². The fourth-order valence-corrected chi connectivity index (χ4v) is 3.29. The highest BCUT2D eigenvalue weighted by Gasteiger charge is 2.32. The first-order chi connectivity index (χ1) is 11.0. The Hall–Kier alpha value is -1.69. The number of halogens is 2. The van der Waals surface area contributed by atoms with Crippen LogP contribution in [-0.4, -0.2) is 11.0 Å². The van der Waals surface area contributed by atoms with Crippen LogP contribution in [0.15, 0.2) is 52.6 Å². The van der Waals surface area contributed by atoms with E-state index >= 15 is 0 Å². The number of nitrogens with zero attached hydrogens (tertiary/aromatic N) is 1. The number of rotatable bonds is 2. The molecule has 2 aromatic carbocycles. The molecule has 116 valence electrons. The van der Waals surface area contributed by atoms with Crippen molar-refractivity contribution in [3.05, 3.63) is 68.8 Å². The molecular weight excluding hydrogens is 396 g/mol. The number of amides is 1. The lowest BCUT2D eigenvalue weighted by molar-refractivity contribution is -0.113. The van der Waals surface area contributed by atoms with Crippen LogP contribution in [0.5, 0.6) is 0 Å². The summed E-state index contributed by atoms with van der Waals surface area (Å²) in [6.07, 6.45) is 1.78. The normalized spacial score (nSPS) is 16.1. The predicted molar refractivity (Wildman–Crippen MR) is 102 cm³/mol. The standard InChI is InChI=1S/C17H12BrClN2OS/c1-10-8-12(19)6-7-15(10)21-16(22)14(20-17(21)23)9-11-4-2-3-5-13(11)18/h2-9H,1H3,(H,20,23)/b14-9-. The molecule has 0 radical (unpaired) electrons. The van der Waals surface area contributed by atoms with E-state index in [9.17, 15) is 4.79 Å². The zero-order valence-electron chi connectivity index (χ0n) is 12.1. The van der Waals surface area contributed by atoms with Crippen molar-refractivity contribution in [3.8, 4) is 0 Å². The summed E-state index contributed by atoms with van der Waals surface area (Å²) in [6, 6.07) is 13.0. The Bertz CT molecular complexity index is 850. The second-order valence-electron chi connectivity index (χ2n) is 5.08. The molecule has 3 nitrogen and oxygen atoms in total. The molecule has 0 saturated carbocycles. The monoisotopic (exact) mass is 406 g/mol. The summed E-state index contributed by atoms with van der Waals surface area (Å²) in [5, 5.41) is 3.97. The molecule has 0 unspecified atom stereocenters. The molecule has 1 N–H and O–H groups in total. The van der Waals surface area contributed by atoms with Crippen molar-refractivity contribution in [1.29, 1.82) is 0 Å². The average molecular weight is 408 g/mol. The summed E-state index contributed by atoms with van der Waals surface area (Å²) >= 11 is 14.8. The van der Waals surface area contributed by atoms with Crippen molar-refractivity contribution in [2.24, 2.45) is 0 Å². The van der Waals surface area contributed by atoms with E-state index in [1.807, 2.05) is 37.3 Å². The van der Waals surface area contributed by atoms with E-state index in [0.29, 0.717) is 15.8 Å². The molecule has 23 heavy (non-hydrogen) atoms. The number of hydrogen-bond donors (Lipinski definition) is 1. The summed E-state index contributed by atoms with van der Waals surface area (Å²) in [6.45, 7) is 1.90. The van der Waals surface area contributed by atoms with Gasteiger partial charge in [-0.3, -0.25) is 9.69 Å². The Morgan fingerprint density at radius 1 is 1.26 bits per heavy atom. The van der Waals surface area contributed by atoms with Gasteiger partial charge in [0.1, 0.15) is 5.70 Å². The van der Waals surface area contributed by atoms with Gasteiger partial charge in [0.15, 0.2) is 5.11 Å². The van der Waals surface area contributed by atoms with Crippen LogP contribution in [0.1, 0.15) is 11.1 Å². The fraction of sp³-hybridized carbons (Fsp3) is 0.0588. The summed E-state index contributed by atoms with van der Waals surface area (Å²) in [4.78, 5) is 14.2. The maximum atomic E-state index is 12.7. The van der Waals surface area contributed by atoms with Crippen LogP contribution in [0.4, 0.5) is 5.69 Å². The number of aryl methyl sites for hydroxylation is 1. The van der Waals surface area contributed by atoms with E-state index in [1.54, 1.807) is 18.2 Å². The summed E-state index contributed by atoms with van der Waals surface area (Å²) in [7, 11) is 0. The summed E-state index contributed by atoms with van der Waals surface area (Å²) in [5.41, 5.74) is 2.96. The van der Waals surface area contributed by atoms with Gasteiger partial charge in [-0.2, -0.15) is 0 Å². The van der Waals surface area contributed by atoms with Crippen LogP contribution < -0.4 is 10.2 Å². The molecule has 1 amide bonds. The predicted octanol–water partition coefficient (Wildman–Crippen LogP) is 4.67. The number of benzene rings is 2. The Morgan fingerprint density at radius 3 is 2.70 bits per heavy atom. The molecular formula is C17H12BrClN2OS. The second-order valence-corrected chi connectivity index (χ2v) is 6.76. The highest BCUT2D eigenvalue weighted by Crippen LogP contribution is 2.28. The Kier molecular flexibility index (Phi) is 4.53. The van der Waals surface area contributed by atoms with Gasteiger partial charge in [-0.1, -0.05) is 45.7 Å². The molecule has 0 aliphatic carbocycles. The first-order valence-electron chi connectivity index (χ1n) is 6.85. The SMILES string of the molecule is Cc1cc(Cl)ccc1N1C(=O)/C(=C/c2ccccc2Br)NC1=S. The number of hydrogen-bond acceptors (Lipinski definition) is 2. The topological polar surface area (TPSA) is 32.3 Å². The number of carbonyl (C=O) groups excluding carboxylic acids is 1. The first kappa shape index (κ1) is 16.2. The van der Waals surface area contributed by atoms with Crippen LogP contribution >= 0.6 is 39.7 Å². The lowest BCUT2D eigenvalue weighted by Gasteiger charge is -2.16. The number of nitrogens with one attached hydrogen (secondary N) is 1. The number of carbonyl (C=O) groups is 1. The van der Waals surface area contributed by atoms with Gasteiger partial charge in [0.2, 0.25) is 0 Å². The van der Waals surface area contributed by atoms with Crippen LogP contribution in [0.3, 0.4) is 0 Å². The van der Waals surface area contributed by atoms with Gasteiger partial charge in [-0.15, -0.1) is 0 Å². The molecule has 1 heterocycles. The Labute approximate surface area is 153 Å². The number of thiocarbonyl (C=S) groups is 1. The van der Waals surface area contributed by atoms with Crippen molar-refractivity contribution in [3.63, 3.8) is 0 Å². The van der Waals surface area contributed by atoms with Crippen molar-refractivity contribution in [1.82, 2.24) is 5.32 Å². The highest BCUT2D eigenvalue weighted by molar-refractivity contribution is 9.10. The average Bonchev–Trinajstić information content (AvgIpc) is 2.77. The molecule has 0 aromatic heterocycles. The van der Waals surface area contributed by atoms with E-state index < -0.39 is 0 Å². The third kappa shape index (κ3) is 3.17. The van der Waals surface area contributed by atoms with Gasteiger partial charge in [0, 0.05) is 9.50 Å². The van der Waals surface area contributed by atoms with E-state index in [2.05, 4.69) is 21.2 Å². The van der Waals surface area contributed by atoms with Gasteiger partial charge in [-0.05, 0) is 60.6 Å². The fourth-order valence-electron chi connectivity index (χ4n) is 2.37. The van der Waals surface area contributed by atoms with Gasteiger partial charge < -0.3 is 5.32 Å². The molecule has 3 rings (SSSR count). The van der Waals surface area contributed by atoms with E-state index in [4.69, 9.17) is 23.8 Å². The zero-order valence-corrected chi connectivity index (χ0v) is 15.3. The molecule has 1 aliphatic rings. The molecule has 0 atom stereocenters. The van der Waals surface area contributed by atoms with Gasteiger partial charge in [-0.25, -0.2) is 0 Å². The second kappa shape index (κ2) is 6.43. The molecule has 2 aromatic rings. The van der Waals surface area contributed by atoms with Crippen molar-refractivity contribution >= 4 is 62.5 Å². The van der Waals surface area contributed by atoms with Gasteiger partial charge >= 0.3 is 0 Å². The van der Waals surface area contributed by atoms with E-state index in [-0.39, 0.29) is 5.91 Å². The third-order valence-electron chi connectivity index (χ3n) is 3.48. The molecule has 1 saturated heterocycles. The van der Waals surface area contributed by atoms with Crippen molar-refractivity contribution < 1.29 is 4.79 Å². The van der Waals surface area contributed by atoms with Crippen molar-refractivity contribution in [2.45, 2.75) is 6.92 Å². The quantitative estimate of drug-likeness (QED) is 0.580. The maximum absolute atomic E-state index is 12.7. The minimum Gasteiger partial charge on any atom is -0.327 e. The molecule has 1 aliphatic heterocycles. The van der Waals surface area contributed by atoms with Crippen molar-refractivity contribution in [2.75, 3.05) is 4.90 Å². The van der Waals surface area contributed by atoms with E-state index in [0.717, 1.165) is 21.3 Å². The van der Waals surface area contributed by atoms with Gasteiger partial charge in [0.25, 0.3) is 5.91 Å².